The van der Waals surface area contributed by atoms with E-state index in [0.29, 0.717) is 5.92 Å². The van der Waals surface area contributed by atoms with Crippen LogP contribution in [0.1, 0.15) is 44.6 Å². The van der Waals surface area contributed by atoms with E-state index >= 15 is 0 Å². The van der Waals surface area contributed by atoms with Crippen molar-refractivity contribution in [1.29, 1.82) is 0 Å². The Labute approximate surface area is 164 Å². The van der Waals surface area contributed by atoms with Crippen LogP contribution in [-0.4, -0.2) is 38.0 Å². The fraction of sp³-hybridized carbons (Fsp3) is 0.364. The zero-order chi connectivity index (χ0) is 19.1. The number of nitrogens with zero attached hydrogens (tertiary/aromatic N) is 5. The molecule has 6 heteroatoms. The second-order valence-electron chi connectivity index (χ2n) is 7.79. The number of piperidine rings is 1. The number of pyridine rings is 2. The standard InChI is InChI=1S/C22H24N6/c1-14(2)17-12-23-13-18-19(17)22(28-10-4-3-5-11-28)27-21(26-18)16-7-9-25-20-15(16)6-8-24-20/h6-9,12-14H,3-5,10-11H2,1-2H3,(H,24,25). The van der Waals surface area contributed by atoms with Gasteiger partial charge in [0, 0.05) is 48.0 Å². The Balaban J connectivity index is 1.79. The van der Waals surface area contributed by atoms with Crippen molar-refractivity contribution in [1.82, 2.24) is 24.9 Å². The molecule has 0 radical (unpaired) electrons. The minimum Gasteiger partial charge on any atom is -0.356 e. The summed E-state index contributed by atoms with van der Waals surface area (Å²) in [5.74, 6) is 2.15. The summed E-state index contributed by atoms with van der Waals surface area (Å²) in [6.45, 7) is 6.50. The van der Waals surface area contributed by atoms with Crippen LogP contribution in [0, 0.1) is 0 Å². The summed E-state index contributed by atoms with van der Waals surface area (Å²) in [6, 6.07) is 4.03. The second-order valence-corrected chi connectivity index (χ2v) is 7.79. The summed E-state index contributed by atoms with van der Waals surface area (Å²) in [5, 5.41) is 2.19. The summed E-state index contributed by atoms with van der Waals surface area (Å²) in [5.41, 5.74) is 3.99. The highest BCUT2D eigenvalue weighted by atomic mass is 15.2. The third kappa shape index (κ3) is 2.80. The van der Waals surface area contributed by atoms with Crippen LogP contribution < -0.4 is 4.90 Å². The van der Waals surface area contributed by atoms with Gasteiger partial charge in [-0.25, -0.2) is 15.0 Å². The summed E-state index contributed by atoms with van der Waals surface area (Å²) in [4.78, 5) is 24.5. The van der Waals surface area contributed by atoms with Crippen molar-refractivity contribution in [3.8, 4) is 11.4 Å². The van der Waals surface area contributed by atoms with Gasteiger partial charge in [0.25, 0.3) is 0 Å². The zero-order valence-corrected chi connectivity index (χ0v) is 16.3. The highest BCUT2D eigenvalue weighted by Gasteiger charge is 2.21. The first-order valence-electron chi connectivity index (χ1n) is 10.1. The Bertz CT molecular complexity index is 1140. The Morgan fingerprint density at radius 1 is 1.04 bits per heavy atom. The largest absolute Gasteiger partial charge is 0.356 e. The molecule has 0 atom stereocenters. The Morgan fingerprint density at radius 3 is 2.71 bits per heavy atom. The maximum atomic E-state index is 5.11. The lowest BCUT2D eigenvalue weighted by Crippen LogP contribution is -2.30. The second kappa shape index (κ2) is 6.86. The number of rotatable bonds is 3. The van der Waals surface area contributed by atoms with Gasteiger partial charge in [-0.15, -0.1) is 0 Å². The molecule has 0 saturated carbocycles. The van der Waals surface area contributed by atoms with Crippen LogP contribution in [0.15, 0.2) is 36.9 Å². The molecule has 0 aromatic carbocycles. The molecule has 0 amide bonds. The first-order valence-corrected chi connectivity index (χ1v) is 10.1. The minimum absolute atomic E-state index is 0.367. The van der Waals surface area contributed by atoms with E-state index in [0.717, 1.165) is 52.2 Å². The van der Waals surface area contributed by atoms with Gasteiger partial charge < -0.3 is 9.88 Å². The molecule has 1 N–H and O–H groups in total. The van der Waals surface area contributed by atoms with Crippen LogP contribution in [-0.2, 0) is 0 Å². The molecule has 5 heterocycles. The molecule has 0 bridgehead atoms. The van der Waals surface area contributed by atoms with Crippen molar-refractivity contribution in [3.63, 3.8) is 0 Å². The van der Waals surface area contributed by atoms with E-state index < -0.39 is 0 Å². The summed E-state index contributed by atoms with van der Waals surface area (Å²) in [6.07, 6.45) is 11.3. The van der Waals surface area contributed by atoms with E-state index in [2.05, 4.69) is 33.7 Å². The highest BCUT2D eigenvalue weighted by molar-refractivity contribution is 5.96. The van der Waals surface area contributed by atoms with Gasteiger partial charge in [0.05, 0.1) is 11.7 Å². The number of H-pyrrole nitrogens is 1. The van der Waals surface area contributed by atoms with E-state index in [1.165, 1.54) is 24.8 Å². The van der Waals surface area contributed by atoms with Crippen LogP contribution in [0.3, 0.4) is 0 Å². The van der Waals surface area contributed by atoms with Crippen molar-refractivity contribution in [2.24, 2.45) is 0 Å². The molecule has 1 aliphatic heterocycles. The van der Waals surface area contributed by atoms with E-state index in [-0.39, 0.29) is 0 Å². The molecule has 0 spiro atoms. The lowest BCUT2D eigenvalue weighted by Gasteiger charge is -2.29. The highest BCUT2D eigenvalue weighted by Crippen LogP contribution is 2.35. The lowest BCUT2D eigenvalue weighted by atomic mass is 10.00. The van der Waals surface area contributed by atoms with E-state index in [1.807, 2.05) is 36.9 Å². The van der Waals surface area contributed by atoms with Crippen molar-refractivity contribution in [3.05, 3.63) is 42.5 Å². The van der Waals surface area contributed by atoms with Crippen LogP contribution in [0.25, 0.3) is 33.3 Å². The molecule has 0 aliphatic carbocycles. The molecule has 5 rings (SSSR count). The molecule has 4 aromatic heterocycles. The van der Waals surface area contributed by atoms with Crippen LogP contribution in [0.2, 0.25) is 0 Å². The van der Waals surface area contributed by atoms with Gasteiger partial charge in [-0.05, 0) is 42.9 Å². The van der Waals surface area contributed by atoms with Crippen LogP contribution in [0.4, 0.5) is 5.82 Å². The van der Waals surface area contributed by atoms with Gasteiger partial charge in [-0.3, -0.25) is 4.98 Å². The molecule has 1 aliphatic rings. The molecule has 1 saturated heterocycles. The fourth-order valence-electron chi connectivity index (χ4n) is 4.14. The van der Waals surface area contributed by atoms with Crippen molar-refractivity contribution >= 4 is 27.8 Å². The molecule has 6 nitrogen and oxygen atoms in total. The predicted molar refractivity (Wildman–Crippen MR) is 113 cm³/mol. The maximum Gasteiger partial charge on any atom is 0.163 e. The van der Waals surface area contributed by atoms with Crippen molar-refractivity contribution in [2.45, 2.75) is 39.0 Å². The quantitative estimate of drug-likeness (QED) is 0.565. The van der Waals surface area contributed by atoms with Crippen molar-refractivity contribution in [2.75, 3.05) is 18.0 Å². The van der Waals surface area contributed by atoms with Crippen LogP contribution >= 0.6 is 0 Å². The molecule has 1 fully saturated rings. The third-order valence-electron chi connectivity index (χ3n) is 5.60. The molecule has 28 heavy (non-hydrogen) atoms. The van der Waals surface area contributed by atoms with Gasteiger partial charge in [-0.2, -0.15) is 0 Å². The van der Waals surface area contributed by atoms with E-state index in [9.17, 15) is 0 Å². The zero-order valence-electron chi connectivity index (χ0n) is 16.3. The molecule has 0 unspecified atom stereocenters. The molecular formula is C22H24N6. The maximum absolute atomic E-state index is 5.11. The number of hydrogen-bond donors (Lipinski definition) is 1. The monoisotopic (exact) mass is 372 g/mol. The number of anilines is 1. The van der Waals surface area contributed by atoms with Gasteiger partial charge in [0.15, 0.2) is 5.82 Å². The van der Waals surface area contributed by atoms with E-state index in [1.54, 1.807) is 0 Å². The predicted octanol–water partition coefficient (Wildman–Crippen LogP) is 4.68. The normalized spacial score (nSPS) is 15.0. The molecular weight excluding hydrogens is 348 g/mol. The number of aromatic nitrogens is 5. The number of nitrogens with one attached hydrogen (secondary N) is 1. The number of hydrogen-bond acceptors (Lipinski definition) is 5. The van der Waals surface area contributed by atoms with Crippen LogP contribution in [0.5, 0.6) is 0 Å². The Kier molecular flexibility index (Phi) is 4.19. The summed E-state index contributed by atoms with van der Waals surface area (Å²) >= 11 is 0. The van der Waals surface area contributed by atoms with Gasteiger partial charge in [0.1, 0.15) is 11.5 Å². The molecule has 142 valence electrons. The SMILES string of the molecule is CC(C)c1cncc2nc(-c3ccnc4[nH]ccc34)nc(N3CCCCC3)c12. The Morgan fingerprint density at radius 2 is 1.89 bits per heavy atom. The summed E-state index contributed by atoms with van der Waals surface area (Å²) in [7, 11) is 0. The Hall–Kier alpha value is -3.02. The van der Waals surface area contributed by atoms with Gasteiger partial charge >= 0.3 is 0 Å². The van der Waals surface area contributed by atoms with Gasteiger partial charge in [0.2, 0.25) is 0 Å². The average molecular weight is 372 g/mol. The van der Waals surface area contributed by atoms with Gasteiger partial charge in [-0.1, -0.05) is 13.8 Å². The number of fused-ring (bicyclic) bond motifs is 2. The third-order valence-corrected chi connectivity index (χ3v) is 5.60. The lowest BCUT2D eigenvalue weighted by molar-refractivity contribution is 0.574. The first-order chi connectivity index (χ1) is 13.7. The average Bonchev–Trinajstić information content (AvgIpc) is 3.22. The fourth-order valence-corrected chi connectivity index (χ4v) is 4.14. The first kappa shape index (κ1) is 17.1. The van der Waals surface area contributed by atoms with Crippen molar-refractivity contribution < 1.29 is 0 Å². The topological polar surface area (TPSA) is 70.6 Å². The molecule has 4 aromatic rings. The smallest absolute Gasteiger partial charge is 0.163 e. The van der Waals surface area contributed by atoms with E-state index in [4.69, 9.17) is 9.97 Å². The number of aromatic amines is 1. The minimum atomic E-state index is 0.367. The summed E-state index contributed by atoms with van der Waals surface area (Å²) < 4.78 is 0.